The summed E-state index contributed by atoms with van der Waals surface area (Å²) in [6, 6.07) is 19.2. The van der Waals surface area contributed by atoms with Gasteiger partial charge in [0.15, 0.2) is 0 Å². The van der Waals surface area contributed by atoms with Gasteiger partial charge in [-0.05, 0) is 59.7 Å². The minimum absolute atomic E-state index is 0.173. The van der Waals surface area contributed by atoms with Crippen LogP contribution in [0.1, 0.15) is 11.1 Å². The van der Waals surface area contributed by atoms with E-state index >= 15 is 0 Å². The van der Waals surface area contributed by atoms with Crippen LogP contribution < -0.4 is 23.9 Å². The van der Waals surface area contributed by atoms with E-state index in [0.29, 0.717) is 28.7 Å². The minimum atomic E-state index is -3.82. The number of ether oxygens (including phenoxy) is 3. The van der Waals surface area contributed by atoms with E-state index in [-0.39, 0.29) is 11.4 Å². The predicted molar refractivity (Wildman–Crippen MR) is 140 cm³/mol. The van der Waals surface area contributed by atoms with Crippen molar-refractivity contribution in [3.63, 3.8) is 0 Å². The first kappa shape index (κ1) is 26.8. The number of hydrogen-bond acceptors (Lipinski definition) is 7. The molecule has 0 aliphatic heterocycles. The lowest BCUT2D eigenvalue weighted by molar-refractivity contribution is -0.119. The quantitative estimate of drug-likeness (QED) is 0.297. The summed E-state index contributed by atoms with van der Waals surface area (Å²) < 4.78 is 41.9. The SMILES string of the molecule is COc1ccc(OC)c(N(CC(=O)N/N=C\c2ccc(OCc3cccc(Cl)c3)cc2)S(C)(=O)=O)c1. The number of nitrogens with zero attached hydrogens (tertiary/aromatic N) is 2. The summed E-state index contributed by atoms with van der Waals surface area (Å²) in [5.41, 5.74) is 4.18. The van der Waals surface area contributed by atoms with Crippen LogP contribution >= 0.6 is 11.6 Å². The van der Waals surface area contributed by atoms with Crippen molar-refractivity contribution in [2.45, 2.75) is 6.61 Å². The van der Waals surface area contributed by atoms with E-state index in [4.69, 9.17) is 25.8 Å². The van der Waals surface area contributed by atoms with Gasteiger partial charge < -0.3 is 14.2 Å². The third-order valence-corrected chi connectivity index (χ3v) is 6.28. The van der Waals surface area contributed by atoms with Gasteiger partial charge in [0.25, 0.3) is 5.91 Å². The third kappa shape index (κ3) is 7.62. The van der Waals surface area contributed by atoms with Gasteiger partial charge in [0.2, 0.25) is 10.0 Å². The zero-order valence-electron chi connectivity index (χ0n) is 20.0. The molecule has 1 amide bonds. The zero-order valence-corrected chi connectivity index (χ0v) is 21.5. The number of methoxy groups -OCH3 is 2. The Bertz CT molecular complexity index is 1330. The fourth-order valence-corrected chi connectivity index (χ4v) is 4.23. The molecule has 11 heteroatoms. The van der Waals surface area contributed by atoms with Crippen LogP contribution in [0.4, 0.5) is 5.69 Å². The Morgan fingerprint density at radius 3 is 2.39 bits per heavy atom. The van der Waals surface area contributed by atoms with Crippen molar-refractivity contribution in [3.05, 3.63) is 82.9 Å². The number of carbonyl (C=O) groups excluding carboxylic acids is 1. The summed E-state index contributed by atoms with van der Waals surface area (Å²) in [4.78, 5) is 12.5. The summed E-state index contributed by atoms with van der Waals surface area (Å²) in [6.45, 7) is -0.130. The number of halogens is 1. The number of sulfonamides is 1. The molecule has 0 aliphatic carbocycles. The monoisotopic (exact) mass is 531 g/mol. The largest absolute Gasteiger partial charge is 0.497 e. The number of benzene rings is 3. The molecule has 0 aliphatic rings. The molecule has 0 aromatic heterocycles. The minimum Gasteiger partial charge on any atom is -0.497 e. The van der Waals surface area contributed by atoms with Crippen LogP contribution in [0.3, 0.4) is 0 Å². The molecule has 36 heavy (non-hydrogen) atoms. The third-order valence-electron chi connectivity index (χ3n) is 4.92. The second kappa shape index (κ2) is 12.3. The second-order valence-electron chi connectivity index (χ2n) is 7.59. The second-order valence-corrected chi connectivity index (χ2v) is 9.93. The van der Waals surface area contributed by atoms with Gasteiger partial charge in [-0.2, -0.15) is 5.10 Å². The maximum absolute atomic E-state index is 12.5. The van der Waals surface area contributed by atoms with Crippen LogP contribution in [0, 0.1) is 0 Å². The molecule has 0 saturated heterocycles. The van der Waals surface area contributed by atoms with E-state index < -0.39 is 22.5 Å². The van der Waals surface area contributed by atoms with Gasteiger partial charge in [0, 0.05) is 11.1 Å². The Hall–Kier alpha value is -3.76. The summed E-state index contributed by atoms with van der Waals surface area (Å²) in [5, 5.41) is 4.57. The molecule has 3 aromatic carbocycles. The Kier molecular flexibility index (Phi) is 9.15. The molecular weight excluding hydrogens is 506 g/mol. The van der Waals surface area contributed by atoms with Crippen LogP contribution in [0.5, 0.6) is 17.2 Å². The number of hydrogen-bond donors (Lipinski definition) is 1. The summed E-state index contributed by atoms with van der Waals surface area (Å²) in [6.07, 6.45) is 2.44. The van der Waals surface area contributed by atoms with Crippen LogP contribution in [0.15, 0.2) is 71.8 Å². The van der Waals surface area contributed by atoms with Crippen molar-refractivity contribution >= 4 is 39.4 Å². The lowest BCUT2D eigenvalue weighted by atomic mass is 10.2. The molecular formula is C25H26ClN3O6S. The molecule has 0 bridgehead atoms. The molecule has 9 nitrogen and oxygen atoms in total. The fourth-order valence-electron chi connectivity index (χ4n) is 3.16. The van der Waals surface area contributed by atoms with Gasteiger partial charge in [-0.3, -0.25) is 9.10 Å². The van der Waals surface area contributed by atoms with Crippen LogP contribution in [0.25, 0.3) is 0 Å². The van der Waals surface area contributed by atoms with E-state index in [2.05, 4.69) is 10.5 Å². The summed E-state index contributed by atoms with van der Waals surface area (Å²) in [5.74, 6) is 0.711. The summed E-state index contributed by atoms with van der Waals surface area (Å²) in [7, 11) is -0.956. The standard InChI is InChI=1S/C25H26ClN3O6S/c1-33-22-11-12-24(34-2)23(14-22)29(36(3,31)32)16-25(30)28-27-15-18-7-9-21(10-8-18)35-17-19-5-4-6-20(26)13-19/h4-15H,16-17H2,1-3H3,(H,28,30)/b27-15-. The van der Waals surface area contributed by atoms with Gasteiger partial charge in [0.05, 0.1) is 32.4 Å². The highest BCUT2D eigenvalue weighted by Crippen LogP contribution is 2.33. The fraction of sp³-hybridized carbons (Fsp3) is 0.200. The number of nitrogens with one attached hydrogen (secondary N) is 1. The van der Waals surface area contributed by atoms with E-state index in [0.717, 1.165) is 16.1 Å². The Morgan fingerprint density at radius 1 is 1.03 bits per heavy atom. The highest BCUT2D eigenvalue weighted by Gasteiger charge is 2.24. The number of amides is 1. The first-order valence-electron chi connectivity index (χ1n) is 10.7. The average Bonchev–Trinajstić information content (AvgIpc) is 2.86. The van der Waals surface area contributed by atoms with Gasteiger partial charge in [-0.1, -0.05) is 23.7 Å². The van der Waals surface area contributed by atoms with Crippen molar-refractivity contribution in [3.8, 4) is 17.2 Å². The number of anilines is 1. The van der Waals surface area contributed by atoms with Gasteiger partial charge >= 0.3 is 0 Å². The molecule has 0 heterocycles. The van der Waals surface area contributed by atoms with E-state index in [9.17, 15) is 13.2 Å². The maximum Gasteiger partial charge on any atom is 0.260 e. The van der Waals surface area contributed by atoms with Gasteiger partial charge in [-0.25, -0.2) is 13.8 Å². The maximum atomic E-state index is 12.5. The zero-order chi connectivity index (χ0) is 26.1. The van der Waals surface area contributed by atoms with Crippen molar-refractivity contribution < 1.29 is 27.4 Å². The molecule has 3 rings (SSSR count). The molecule has 0 atom stereocenters. The Labute approximate surface area is 215 Å². The first-order valence-corrected chi connectivity index (χ1v) is 12.9. The number of rotatable bonds is 11. The average molecular weight is 532 g/mol. The molecule has 0 radical (unpaired) electrons. The predicted octanol–water partition coefficient (Wildman–Crippen LogP) is 3.85. The highest BCUT2D eigenvalue weighted by atomic mass is 35.5. The van der Waals surface area contributed by atoms with Crippen molar-refractivity contribution in [2.24, 2.45) is 5.10 Å². The molecule has 0 fully saturated rings. The lowest BCUT2D eigenvalue weighted by Gasteiger charge is -2.23. The number of carbonyl (C=O) groups is 1. The molecule has 0 saturated carbocycles. The molecule has 190 valence electrons. The Balaban J connectivity index is 1.61. The van der Waals surface area contributed by atoms with Crippen LogP contribution in [-0.2, 0) is 21.4 Å². The molecule has 0 unspecified atom stereocenters. The van der Waals surface area contributed by atoms with E-state index in [1.165, 1.54) is 26.5 Å². The first-order chi connectivity index (χ1) is 17.2. The highest BCUT2D eigenvalue weighted by molar-refractivity contribution is 7.92. The van der Waals surface area contributed by atoms with Crippen molar-refractivity contribution in [1.82, 2.24) is 5.43 Å². The van der Waals surface area contributed by atoms with E-state index in [1.807, 2.05) is 18.2 Å². The van der Waals surface area contributed by atoms with Crippen LogP contribution in [0.2, 0.25) is 5.02 Å². The summed E-state index contributed by atoms with van der Waals surface area (Å²) >= 11 is 5.98. The number of hydrazone groups is 1. The Morgan fingerprint density at radius 2 is 1.75 bits per heavy atom. The van der Waals surface area contributed by atoms with Gasteiger partial charge in [0.1, 0.15) is 30.4 Å². The smallest absolute Gasteiger partial charge is 0.260 e. The molecule has 1 N–H and O–H groups in total. The van der Waals surface area contributed by atoms with Crippen LogP contribution in [-0.4, -0.2) is 47.6 Å². The normalized spacial score (nSPS) is 11.2. The van der Waals surface area contributed by atoms with Crippen molar-refractivity contribution in [2.75, 3.05) is 31.3 Å². The van der Waals surface area contributed by atoms with Gasteiger partial charge in [-0.15, -0.1) is 0 Å². The van der Waals surface area contributed by atoms with E-state index in [1.54, 1.807) is 42.5 Å². The topological polar surface area (TPSA) is 107 Å². The molecule has 3 aromatic rings. The van der Waals surface area contributed by atoms with Crippen molar-refractivity contribution in [1.29, 1.82) is 0 Å². The lowest BCUT2D eigenvalue weighted by Crippen LogP contribution is -2.39. The molecule has 0 spiro atoms.